The van der Waals surface area contributed by atoms with E-state index in [-0.39, 0.29) is 0 Å². The quantitative estimate of drug-likeness (QED) is 0.714. The maximum absolute atomic E-state index is 4.46. The predicted molar refractivity (Wildman–Crippen MR) is 68.2 cm³/mol. The summed E-state index contributed by atoms with van der Waals surface area (Å²) in [4.78, 5) is 6.71. The van der Waals surface area contributed by atoms with Crippen molar-refractivity contribution in [3.05, 3.63) is 29.6 Å². The molecular weight excluding hydrogens is 198 g/mol. The molecule has 16 heavy (non-hydrogen) atoms. The van der Waals surface area contributed by atoms with Gasteiger partial charge in [-0.05, 0) is 38.2 Å². The van der Waals surface area contributed by atoms with E-state index < -0.39 is 0 Å². The monoisotopic (exact) mass is 221 g/mol. The third kappa shape index (κ3) is 4.73. The molecule has 0 saturated heterocycles. The van der Waals surface area contributed by atoms with Crippen molar-refractivity contribution in [1.82, 2.24) is 15.2 Å². The van der Waals surface area contributed by atoms with Crippen LogP contribution in [0.3, 0.4) is 0 Å². The number of nitrogens with zero attached hydrogens (tertiary/aromatic N) is 2. The van der Waals surface area contributed by atoms with Gasteiger partial charge in [-0.2, -0.15) is 0 Å². The summed E-state index contributed by atoms with van der Waals surface area (Å²) >= 11 is 0. The minimum absolute atomic E-state index is 0.921. The van der Waals surface area contributed by atoms with E-state index in [1.165, 1.54) is 12.0 Å². The summed E-state index contributed by atoms with van der Waals surface area (Å²) in [5, 5.41) is 3.37. The lowest BCUT2D eigenvalue weighted by Crippen LogP contribution is -2.18. The Morgan fingerprint density at radius 1 is 1.31 bits per heavy atom. The van der Waals surface area contributed by atoms with Gasteiger partial charge < -0.3 is 10.2 Å². The van der Waals surface area contributed by atoms with E-state index in [2.05, 4.69) is 48.2 Å². The molecule has 3 heteroatoms. The molecule has 0 amide bonds. The van der Waals surface area contributed by atoms with Gasteiger partial charge in [0.25, 0.3) is 0 Å². The third-order valence-electron chi connectivity index (χ3n) is 2.61. The van der Waals surface area contributed by atoms with Crippen LogP contribution in [0.4, 0.5) is 0 Å². The van der Waals surface area contributed by atoms with Crippen molar-refractivity contribution in [3.8, 4) is 0 Å². The summed E-state index contributed by atoms with van der Waals surface area (Å²) < 4.78 is 0. The van der Waals surface area contributed by atoms with Crippen molar-refractivity contribution in [1.29, 1.82) is 0 Å². The molecule has 1 aromatic rings. The van der Waals surface area contributed by atoms with Crippen molar-refractivity contribution in [2.75, 3.05) is 20.1 Å². The van der Waals surface area contributed by atoms with E-state index in [1.807, 2.05) is 6.20 Å². The van der Waals surface area contributed by atoms with Crippen LogP contribution >= 0.6 is 0 Å². The van der Waals surface area contributed by atoms with Gasteiger partial charge in [0.15, 0.2) is 0 Å². The second kappa shape index (κ2) is 7.36. The fraction of sp³-hybridized carbons (Fsp3) is 0.615. The second-order valence-electron chi connectivity index (χ2n) is 4.16. The Hall–Kier alpha value is -0.930. The van der Waals surface area contributed by atoms with Crippen LogP contribution in [-0.4, -0.2) is 30.0 Å². The molecule has 1 aromatic heterocycles. The first-order chi connectivity index (χ1) is 7.76. The lowest BCUT2D eigenvalue weighted by molar-refractivity contribution is 0.341. The van der Waals surface area contributed by atoms with Crippen molar-refractivity contribution in [2.45, 2.75) is 33.4 Å². The van der Waals surface area contributed by atoms with E-state index in [4.69, 9.17) is 0 Å². The molecular formula is C13H23N3. The zero-order valence-corrected chi connectivity index (χ0v) is 10.7. The Bertz CT molecular complexity index is 282. The molecule has 0 aliphatic rings. The molecule has 0 radical (unpaired) electrons. The lowest BCUT2D eigenvalue weighted by atomic mass is 10.2. The summed E-state index contributed by atoms with van der Waals surface area (Å²) in [7, 11) is 2.11. The topological polar surface area (TPSA) is 28.2 Å². The molecule has 1 heterocycles. The molecule has 0 saturated carbocycles. The number of nitrogens with one attached hydrogen (secondary N) is 1. The molecule has 0 atom stereocenters. The SMILES string of the molecule is CCCNCc1ccc(CN(C)CC)nc1. The third-order valence-corrected chi connectivity index (χ3v) is 2.61. The van der Waals surface area contributed by atoms with Crippen LogP contribution in [0.25, 0.3) is 0 Å². The highest BCUT2D eigenvalue weighted by Crippen LogP contribution is 2.02. The fourth-order valence-corrected chi connectivity index (χ4v) is 1.45. The first kappa shape index (κ1) is 13.1. The Balaban J connectivity index is 2.41. The summed E-state index contributed by atoms with van der Waals surface area (Å²) in [6.45, 7) is 8.31. The summed E-state index contributed by atoms with van der Waals surface area (Å²) in [6.07, 6.45) is 3.15. The Morgan fingerprint density at radius 3 is 2.69 bits per heavy atom. The molecule has 90 valence electrons. The number of hydrogen-bond acceptors (Lipinski definition) is 3. The van der Waals surface area contributed by atoms with Gasteiger partial charge in [0, 0.05) is 19.3 Å². The fourth-order valence-electron chi connectivity index (χ4n) is 1.45. The molecule has 0 unspecified atom stereocenters. The Kier molecular flexibility index (Phi) is 6.04. The summed E-state index contributed by atoms with van der Waals surface area (Å²) in [5.74, 6) is 0. The van der Waals surface area contributed by atoms with Gasteiger partial charge in [-0.25, -0.2) is 0 Å². The van der Waals surface area contributed by atoms with E-state index in [0.717, 1.165) is 31.9 Å². The second-order valence-corrected chi connectivity index (χ2v) is 4.16. The maximum Gasteiger partial charge on any atom is 0.0544 e. The molecule has 0 aromatic carbocycles. The average molecular weight is 221 g/mol. The smallest absolute Gasteiger partial charge is 0.0544 e. The standard InChI is InChI=1S/C13H23N3/c1-4-8-14-9-12-6-7-13(15-10-12)11-16(3)5-2/h6-7,10,14H,4-5,8-9,11H2,1-3H3. The van der Waals surface area contributed by atoms with Crippen LogP contribution in [0.1, 0.15) is 31.5 Å². The average Bonchev–Trinajstić information content (AvgIpc) is 2.31. The number of pyridine rings is 1. The molecule has 1 rings (SSSR count). The van der Waals surface area contributed by atoms with Crippen LogP contribution < -0.4 is 5.32 Å². The molecule has 0 fully saturated rings. The largest absolute Gasteiger partial charge is 0.313 e. The van der Waals surface area contributed by atoms with Gasteiger partial charge in [0.1, 0.15) is 0 Å². The van der Waals surface area contributed by atoms with Crippen molar-refractivity contribution in [2.24, 2.45) is 0 Å². The molecule has 3 nitrogen and oxygen atoms in total. The number of hydrogen-bond donors (Lipinski definition) is 1. The highest BCUT2D eigenvalue weighted by Gasteiger charge is 1.99. The van der Waals surface area contributed by atoms with Crippen LogP contribution in [0.2, 0.25) is 0 Å². The van der Waals surface area contributed by atoms with E-state index >= 15 is 0 Å². The highest BCUT2D eigenvalue weighted by molar-refractivity contribution is 5.13. The molecule has 0 aliphatic carbocycles. The number of rotatable bonds is 7. The van der Waals surface area contributed by atoms with Crippen LogP contribution in [0, 0.1) is 0 Å². The summed E-state index contributed by atoms with van der Waals surface area (Å²) in [5.41, 5.74) is 2.40. The minimum Gasteiger partial charge on any atom is -0.313 e. The van der Waals surface area contributed by atoms with Crippen LogP contribution in [0.15, 0.2) is 18.3 Å². The maximum atomic E-state index is 4.46. The predicted octanol–water partition coefficient (Wildman–Crippen LogP) is 2.03. The van der Waals surface area contributed by atoms with Crippen molar-refractivity contribution < 1.29 is 0 Å². The first-order valence-corrected chi connectivity index (χ1v) is 6.09. The van der Waals surface area contributed by atoms with Crippen LogP contribution in [0.5, 0.6) is 0 Å². The van der Waals surface area contributed by atoms with Gasteiger partial charge in [-0.15, -0.1) is 0 Å². The molecule has 0 bridgehead atoms. The molecule has 0 spiro atoms. The zero-order valence-electron chi connectivity index (χ0n) is 10.7. The zero-order chi connectivity index (χ0) is 11.8. The van der Waals surface area contributed by atoms with E-state index in [1.54, 1.807) is 0 Å². The number of aromatic nitrogens is 1. The van der Waals surface area contributed by atoms with Gasteiger partial charge in [0.05, 0.1) is 5.69 Å². The Morgan fingerprint density at radius 2 is 2.12 bits per heavy atom. The van der Waals surface area contributed by atoms with Crippen molar-refractivity contribution >= 4 is 0 Å². The van der Waals surface area contributed by atoms with E-state index in [9.17, 15) is 0 Å². The summed E-state index contributed by atoms with van der Waals surface area (Å²) in [6, 6.07) is 4.28. The van der Waals surface area contributed by atoms with Gasteiger partial charge >= 0.3 is 0 Å². The first-order valence-electron chi connectivity index (χ1n) is 6.09. The van der Waals surface area contributed by atoms with E-state index in [0.29, 0.717) is 0 Å². The van der Waals surface area contributed by atoms with Crippen molar-refractivity contribution in [3.63, 3.8) is 0 Å². The van der Waals surface area contributed by atoms with Gasteiger partial charge in [-0.3, -0.25) is 4.98 Å². The molecule has 1 N–H and O–H groups in total. The molecule has 0 aliphatic heterocycles. The highest BCUT2D eigenvalue weighted by atomic mass is 15.1. The van der Waals surface area contributed by atoms with Gasteiger partial charge in [-0.1, -0.05) is 19.9 Å². The van der Waals surface area contributed by atoms with Gasteiger partial charge in [0.2, 0.25) is 0 Å². The Labute approximate surface area is 98.9 Å². The minimum atomic E-state index is 0.921. The lowest BCUT2D eigenvalue weighted by Gasteiger charge is -2.13. The van der Waals surface area contributed by atoms with Crippen LogP contribution in [-0.2, 0) is 13.1 Å². The normalized spacial score (nSPS) is 11.0.